The lowest BCUT2D eigenvalue weighted by Gasteiger charge is -2.42. The number of hydrogen-bond acceptors (Lipinski definition) is 6. The number of aromatic nitrogens is 2. The van der Waals surface area contributed by atoms with Crippen LogP contribution in [-0.2, 0) is 14.9 Å². The van der Waals surface area contributed by atoms with Gasteiger partial charge in [-0.05, 0) is 35.7 Å². The van der Waals surface area contributed by atoms with Gasteiger partial charge in [-0.25, -0.2) is 9.37 Å². The summed E-state index contributed by atoms with van der Waals surface area (Å²) < 4.78 is 21.9. The Balaban J connectivity index is 1.86. The van der Waals surface area contributed by atoms with Crippen molar-refractivity contribution in [1.82, 2.24) is 9.55 Å². The summed E-state index contributed by atoms with van der Waals surface area (Å²) in [5.41, 5.74) is 4.98. The Kier molecular flexibility index (Phi) is 3.84. The van der Waals surface area contributed by atoms with Crippen LogP contribution in [0.3, 0.4) is 0 Å². The standard InChI is InChI=1S/C26H19FN4O3/c1-25(2)10-19(32)21-20(11-25)34-22(29)16(12-28)26(21)15-9-13(27)7-8-18(15)31-23(33)14-5-3-4-6-17(14)30-24(26)31/h3-9H,10-11,29H2,1-2H3. The van der Waals surface area contributed by atoms with E-state index in [1.807, 2.05) is 13.8 Å². The molecule has 0 saturated heterocycles. The van der Waals surface area contributed by atoms with E-state index in [4.69, 9.17) is 15.5 Å². The van der Waals surface area contributed by atoms with Crippen LogP contribution in [0.5, 0.6) is 0 Å². The van der Waals surface area contributed by atoms with E-state index in [2.05, 4.69) is 6.07 Å². The van der Waals surface area contributed by atoms with Crippen LogP contribution in [0.2, 0.25) is 0 Å². The molecule has 0 amide bonds. The van der Waals surface area contributed by atoms with Gasteiger partial charge in [0.2, 0.25) is 5.88 Å². The maximum absolute atomic E-state index is 14.7. The molecule has 1 atom stereocenters. The summed E-state index contributed by atoms with van der Waals surface area (Å²) in [5.74, 6) is -0.545. The molecule has 3 heterocycles. The molecule has 2 N–H and O–H groups in total. The van der Waals surface area contributed by atoms with Crippen molar-refractivity contribution in [2.75, 3.05) is 0 Å². The molecule has 7 nitrogen and oxygen atoms in total. The third kappa shape index (κ3) is 2.36. The minimum atomic E-state index is -1.65. The van der Waals surface area contributed by atoms with E-state index < -0.39 is 16.6 Å². The molecule has 0 saturated carbocycles. The van der Waals surface area contributed by atoms with Gasteiger partial charge in [-0.2, -0.15) is 5.26 Å². The highest BCUT2D eigenvalue weighted by atomic mass is 19.1. The number of para-hydroxylation sites is 1. The van der Waals surface area contributed by atoms with Crippen molar-refractivity contribution >= 4 is 16.7 Å². The van der Waals surface area contributed by atoms with Gasteiger partial charge in [0.15, 0.2) is 5.78 Å². The number of nitrogens with two attached hydrogens (primary N) is 1. The minimum Gasteiger partial charge on any atom is -0.444 e. The molecule has 3 aromatic rings. The van der Waals surface area contributed by atoms with Gasteiger partial charge < -0.3 is 10.5 Å². The molecule has 2 aliphatic heterocycles. The van der Waals surface area contributed by atoms with Crippen LogP contribution in [0.4, 0.5) is 4.39 Å². The molecule has 6 rings (SSSR count). The van der Waals surface area contributed by atoms with Crippen molar-refractivity contribution in [2.24, 2.45) is 11.1 Å². The fourth-order valence-corrected chi connectivity index (χ4v) is 5.63. The average molecular weight is 454 g/mol. The summed E-state index contributed by atoms with van der Waals surface area (Å²) >= 11 is 0. The zero-order valence-electron chi connectivity index (χ0n) is 18.5. The van der Waals surface area contributed by atoms with Crippen molar-refractivity contribution in [3.63, 3.8) is 0 Å². The van der Waals surface area contributed by atoms with Crippen molar-refractivity contribution in [1.29, 1.82) is 5.26 Å². The van der Waals surface area contributed by atoms with Gasteiger partial charge in [-0.3, -0.25) is 14.2 Å². The van der Waals surface area contributed by atoms with Crippen LogP contribution >= 0.6 is 0 Å². The first-order chi connectivity index (χ1) is 16.2. The van der Waals surface area contributed by atoms with Gasteiger partial charge in [-0.15, -0.1) is 0 Å². The van der Waals surface area contributed by atoms with Gasteiger partial charge in [0.05, 0.1) is 22.2 Å². The number of ether oxygens (including phenoxy) is 1. The van der Waals surface area contributed by atoms with E-state index >= 15 is 0 Å². The second-order valence-electron chi connectivity index (χ2n) is 9.70. The van der Waals surface area contributed by atoms with Crippen LogP contribution in [0.15, 0.2) is 70.0 Å². The molecule has 1 spiro atoms. The molecule has 0 bridgehead atoms. The first kappa shape index (κ1) is 20.4. The molecule has 1 aliphatic carbocycles. The number of allylic oxidation sites excluding steroid dienone is 3. The number of benzene rings is 2. The number of carbonyl (C=O) groups excluding carboxylic acids is 1. The Morgan fingerprint density at radius 3 is 2.71 bits per heavy atom. The van der Waals surface area contributed by atoms with Crippen molar-refractivity contribution in [3.8, 4) is 11.8 Å². The average Bonchev–Trinajstić information content (AvgIpc) is 3.03. The van der Waals surface area contributed by atoms with Crippen LogP contribution in [0.25, 0.3) is 16.6 Å². The van der Waals surface area contributed by atoms with Crippen LogP contribution in [0.1, 0.15) is 38.1 Å². The second-order valence-corrected chi connectivity index (χ2v) is 9.70. The third-order valence-electron chi connectivity index (χ3n) is 6.89. The number of fused-ring (bicyclic) bond motifs is 7. The molecule has 168 valence electrons. The Hall–Kier alpha value is -4.25. The maximum Gasteiger partial charge on any atom is 0.266 e. The quantitative estimate of drug-likeness (QED) is 0.557. The highest BCUT2D eigenvalue weighted by Gasteiger charge is 2.60. The largest absolute Gasteiger partial charge is 0.444 e. The lowest BCUT2D eigenvalue weighted by Crippen LogP contribution is -2.45. The minimum absolute atomic E-state index is 0.0837. The lowest BCUT2D eigenvalue weighted by atomic mass is 9.62. The molecule has 34 heavy (non-hydrogen) atoms. The lowest BCUT2D eigenvalue weighted by molar-refractivity contribution is -0.119. The monoisotopic (exact) mass is 454 g/mol. The number of nitriles is 1. The van der Waals surface area contributed by atoms with Gasteiger partial charge in [-0.1, -0.05) is 26.0 Å². The van der Waals surface area contributed by atoms with Crippen LogP contribution < -0.4 is 11.3 Å². The molecule has 1 unspecified atom stereocenters. The fourth-order valence-electron chi connectivity index (χ4n) is 5.63. The number of hydrogen-bond donors (Lipinski definition) is 1. The smallest absolute Gasteiger partial charge is 0.266 e. The van der Waals surface area contributed by atoms with Crippen molar-refractivity contribution in [3.05, 3.63) is 92.8 Å². The summed E-state index contributed by atoms with van der Waals surface area (Å²) in [6.45, 7) is 3.88. The Bertz CT molecular complexity index is 1640. The van der Waals surface area contributed by atoms with E-state index in [0.29, 0.717) is 28.8 Å². The summed E-state index contributed by atoms with van der Waals surface area (Å²) in [4.78, 5) is 32.2. The van der Waals surface area contributed by atoms with E-state index in [1.165, 1.54) is 22.8 Å². The topological polar surface area (TPSA) is 111 Å². The summed E-state index contributed by atoms with van der Waals surface area (Å²) in [6.07, 6.45) is 0.579. The maximum atomic E-state index is 14.7. The highest BCUT2D eigenvalue weighted by Crippen LogP contribution is 2.57. The second kappa shape index (κ2) is 6.41. The van der Waals surface area contributed by atoms with Gasteiger partial charge in [0.1, 0.15) is 34.5 Å². The van der Waals surface area contributed by atoms with Crippen molar-refractivity contribution < 1.29 is 13.9 Å². The predicted molar refractivity (Wildman–Crippen MR) is 121 cm³/mol. The summed E-state index contributed by atoms with van der Waals surface area (Å²) in [5, 5.41) is 10.6. The first-order valence-electron chi connectivity index (χ1n) is 10.9. The number of rotatable bonds is 0. The summed E-state index contributed by atoms with van der Waals surface area (Å²) in [6, 6.07) is 12.9. The van der Waals surface area contributed by atoms with Crippen molar-refractivity contribution in [2.45, 2.75) is 32.1 Å². The van der Waals surface area contributed by atoms with E-state index in [1.54, 1.807) is 24.3 Å². The van der Waals surface area contributed by atoms with E-state index in [-0.39, 0.29) is 46.2 Å². The SMILES string of the molecule is CC1(C)CC(=O)C2=C(C1)OC(N)=C(C#N)C21c2cc(F)ccc2-n2c1nc1ccccc1c2=O. The number of ketones is 1. The molecule has 8 heteroatoms. The van der Waals surface area contributed by atoms with E-state index in [0.717, 1.165) is 0 Å². The molecular weight excluding hydrogens is 435 g/mol. The Labute approximate surface area is 193 Å². The zero-order chi connectivity index (χ0) is 24.0. The van der Waals surface area contributed by atoms with Crippen LogP contribution in [0, 0.1) is 22.6 Å². The fraction of sp³-hybridized carbons (Fsp3) is 0.231. The number of nitrogens with zero attached hydrogens (tertiary/aromatic N) is 3. The number of halogens is 1. The molecular formula is C26H19FN4O3. The predicted octanol–water partition coefficient (Wildman–Crippen LogP) is 3.49. The van der Waals surface area contributed by atoms with Crippen LogP contribution in [-0.4, -0.2) is 15.3 Å². The Morgan fingerprint density at radius 1 is 1.18 bits per heavy atom. The normalized spacial score (nSPS) is 22.4. The molecule has 1 aromatic heterocycles. The molecule has 0 fully saturated rings. The molecule has 0 radical (unpaired) electrons. The molecule has 2 aromatic carbocycles. The Morgan fingerprint density at radius 2 is 1.94 bits per heavy atom. The zero-order valence-corrected chi connectivity index (χ0v) is 18.5. The summed E-state index contributed by atoms with van der Waals surface area (Å²) in [7, 11) is 0. The number of carbonyl (C=O) groups is 1. The van der Waals surface area contributed by atoms with Gasteiger partial charge in [0.25, 0.3) is 5.56 Å². The first-order valence-corrected chi connectivity index (χ1v) is 10.9. The van der Waals surface area contributed by atoms with E-state index in [9.17, 15) is 19.2 Å². The van der Waals surface area contributed by atoms with Gasteiger partial charge >= 0.3 is 0 Å². The number of Topliss-reactive ketones (excluding diaryl/α,β-unsaturated/α-hetero) is 1. The highest BCUT2D eigenvalue weighted by molar-refractivity contribution is 6.03. The molecule has 3 aliphatic rings. The van der Waals surface area contributed by atoms with Gasteiger partial charge in [0, 0.05) is 18.4 Å². The third-order valence-corrected chi connectivity index (χ3v) is 6.89.